The van der Waals surface area contributed by atoms with Crippen LogP contribution in [-0.4, -0.2) is 36.0 Å². The lowest BCUT2D eigenvalue weighted by Gasteiger charge is -2.32. The second-order valence-electron chi connectivity index (χ2n) is 7.08. The van der Waals surface area contributed by atoms with Gasteiger partial charge in [-0.15, -0.1) is 0 Å². The molecule has 3 amide bonds. The minimum absolute atomic E-state index is 0.132. The Labute approximate surface area is 184 Å². The maximum absolute atomic E-state index is 12.7. The van der Waals surface area contributed by atoms with E-state index in [1.54, 1.807) is 24.3 Å². The highest BCUT2D eigenvalue weighted by Gasteiger charge is 2.42. The molecule has 2 aliphatic rings. The number of carbonyl (C=O) groups is 3. The van der Waals surface area contributed by atoms with Crippen LogP contribution in [-0.2, 0) is 20.5 Å². The number of alkyl halides is 3. The third kappa shape index (κ3) is 4.26. The number of urea groups is 1. The third-order valence-electron chi connectivity index (χ3n) is 5.00. The van der Waals surface area contributed by atoms with Gasteiger partial charge in [0.25, 0.3) is 0 Å². The molecule has 0 bridgehead atoms. The Balaban J connectivity index is 1.53. The van der Waals surface area contributed by atoms with Crippen molar-refractivity contribution >= 4 is 35.2 Å². The molecule has 1 atom stereocenters. The Morgan fingerprint density at radius 2 is 1.78 bits per heavy atom. The summed E-state index contributed by atoms with van der Waals surface area (Å²) in [7, 11) is 0. The van der Waals surface area contributed by atoms with Crippen LogP contribution in [0.25, 0.3) is 0 Å². The van der Waals surface area contributed by atoms with Gasteiger partial charge in [0.1, 0.15) is 13.2 Å². The number of hydrogen-bond acceptors (Lipinski definition) is 4. The lowest BCUT2D eigenvalue weighted by atomic mass is 9.96. The standard InChI is InChI=1S/C21H15ClF3N3O4/c22-13-5-1-11(2-6-13)18-17-15(10-32-19(17)30)28(20(31)27-18)9-16(29)26-14-7-3-12(4-8-14)21(23,24)25/h1-8,18H,9-10H2,(H,26,29)(H,27,31)/t18-/m1/s1. The van der Waals surface area contributed by atoms with Crippen molar-refractivity contribution in [1.29, 1.82) is 0 Å². The summed E-state index contributed by atoms with van der Waals surface area (Å²) in [6.07, 6.45) is -4.49. The molecule has 0 radical (unpaired) electrons. The molecule has 0 saturated heterocycles. The van der Waals surface area contributed by atoms with Crippen LogP contribution < -0.4 is 10.6 Å². The van der Waals surface area contributed by atoms with Crippen molar-refractivity contribution in [2.75, 3.05) is 18.5 Å². The van der Waals surface area contributed by atoms with Crippen molar-refractivity contribution in [1.82, 2.24) is 10.2 Å². The summed E-state index contributed by atoms with van der Waals surface area (Å²) in [5, 5.41) is 5.60. The van der Waals surface area contributed by atoms with E-state index in [1.807, 2.05) is 0 Å². The fourth-order valence-corrected chi connectivity index (χ4v) is 3.60. The summed E-state index contributed by atoms with van der Waals surface area (Å²) in [6, 6.07) is 9.08. The van der Waals surface area contributed by atoms with Gasteiger partial charge in [-0.05, 0) is 42.0 Å². The largest absolute Gasteiger partial charge is 0.456 e. The smallest absolute Gasteiger partial charge is 0.416 e. The Morgan fingerprint density at radius 3 is 2.41 bits per heavy atom. The van der Waals surface area contributed by atoms with Crippen molar-refractivity contribution in [2.45, 2.75) is 12.2 Å². The van der Waals surface area contributed by atoms with E-state index in [2.05, 4.69) is 10.6 Å². The number of carbonyl (C=O) groups excluding carboxylic acids is 3. The normalized spacial score (nSPS) is 18.2. The van der Waals surface area contributed by atoms with E-state index in [1.165, 1.54) is 0 Å². The van der Waals surface area contributed by atoms with Gasteiger partial charge in [0.05, 0.1) is 22.9 Å². The van der Waals surface area contributed by atoms with Crippen LogP contribution in [0.2, 0.25) is 5.02 Å². The predicted octanol–water partition coefficient (Wildman–Crippen LogP) is 3.87. The van der Waals surface area contributed by atoms with Gasteiger partial charge in [0, 0.05) is 10.7 Å². The highest BCUT2D eigenvalue weighted by molar-refractivity contribution is 6.30. The van der Waals surface area contributed by atoms with Gasteiger partial charge in [0.15, 0.2) is 0 Å². The summed E-state index contributed by atoms with van der Waals surface area (Å²) < 4.78 is 43.1. The van der Waals surface area contributed by atoms with E-state index in [4.69, 9.17) is 16.3 Å². The highest BCUT2D eigenvalue weighted by atomic mass is 35.5. The van der Waals surface area contributed by atoms with Crippen molar-refractivity contribution in [3.63, 3.8) is 0 Å². The Bertz CT molecular complexity index is 1110. The average molecular weight is 466 g/mol. The molecule has 2 aliphatic heterocycles. The van der Waals surface area contributed by atoms with Crippen LogP contribution in [0.5, 0.6) is 0 Å². The molecule has 0 aliphatic carbocycles. The molecule has 0 saturated carbocycles. The first kappa shape index (κ1) is 21.7. The first-order valence-electron chi connectivity index (χ1n) is 9.34. The van der Waals surface area contributed by atoms with E-state index in [-0.39, 0.29) is 23.6 Å². The number of benzene rings is 2. The minimum Gasteiger partial charge on any atom is -0.456 e. The first-order chi connectivity index (χ1) is 15.1. The fourth-order valence-electron chi connectivity index (χ4n) is 3.47. The molecule has 2 aromatic carbocycles. The zero-order chi connectivity index (χ0) is 23.0. The molecule has 11 heteroatoms. The van der Waals surface area contributed by atoms with E-state index in [0.29, 0.717) is 10.6 Å². The molecule has 7 nitrogen and oxygen atoms in total. The number of cyclic esters (lactones) is 1. The summed E-state index contributed by atoms with van der Waals surface area (Å²) in [5.41, 5.74) is 0.349. The maximum atomic E-state index is 12.7. The number of rotatable bonds is 4. The van der Waals surface area contributed by atoms with Crippen LogP contribution in [0.1, 0.15) is 17.2 Å². The number of anilines is 1. The van der Waals surface area contributed by atoms with Crippen molar-refractivity contribution < 1.29 is 32.3 Å². The van der Waals surface area contributed by atoms with Crippen molar-refractivity contribution in [3.8, 4) is 0 Å². The van der Waals surface area contributed by atoms with Gasteiger partial charge in [-0.25, -0.2) is 9.59 Å². The van der Waals surface area contributed by atoms with E-state index in [0.717, 1.165) is 29.2 Å². The lowest BCUT2D eigenvalue weighted by Crippen LogP contribution is -2.49. The van der Waals surface area contributed by atoms with Crippen LogP contribution in [0.15, 0.2) is 59.8 Å². The van der Waals surface area contributed by atoms with Gasteiger partial charge in [-0.3, -0.25) is 9.69 Å². The number of nitrogens with one attached hydrogen (secondary N) is 2. The van der Waals surface area contributed by atoms with E-state index in [9.17, 15) is 27.6 Å². The van der Waals surface area contributed by atoms with Crippen molar-refractivity contribution in [3.05, 3.63) is 76.0 Å². The minimum atomic E-state index is -4.49. The fraction of sp³-hybridized carbons (Fsp3) is 0.190. The molecule has 2 aromatic rings. The molecule has 0 fully saturated rings. The molecular formula is C21H15ClF3N3O4. The Morgan fingerprint density at radius 1 is 1.12 bits per heavy atom. The number of ether oxygens (including phenoxy) is 1. The summed E-state index contributed by atoms with van der Waals surface area (Å²) in [4.78, 5) is 38.6. The van der Waals surface area contributed by atoms with Gasteiger partial charge in [0.2, 0.25) is 5.91 Å². The van der Waals surface area contributed by atoms with Gasteiger partial charge >= 0.3 is 18.2 Å². The zero-order valence-corrected chi connectivity index (χ0v) is 17.0. The van der Waals surface area contributed by atoms with E-state index < -0.39 is 42.2 Å². The van der Waals surface area contributed by atoms with Gasteiger partial charge in [-0.1, -0.05) is 23.7 Å². The summed E-state index contributed by atoms with van der Waals surface area (Å²) in [6.45, 7) is -0.644. The predicted molar refractivity (Wildman–Crippen MR) is 107 cm³/mol. The Kier molecular flexibility index (Phi) is 5.55. The highest BCUT2D eigenvalue weighted by Crippen LogP contribution is 2.35. The topological polar surface area (TPSA) is 87.7 Å². The zero-order valence-electron chi connectivity index (χ0n) is 16.2. The second kappa shape index (κ2) is 8.19. The molecule has 2 heterocycles. The summed E-state index contributed by atoms with van der Waals surface area (Å²) in [5.74, 6) is -1.27. The molecule has 4 rings (SSSR count). The number of hydrogen-bond donors (Lipinski definition) is 2. The van der Waals surface area contributed by atoms with Crippen LogP contribution >= 0.6 is 11.6 Å². The third-order valence-corrected chi connectivity index (χ3v) is 5.25. The molecule has 0 unspecified atom stereocenters. The quantitative estimate of drug-likeness (QED) is 0.671. The molecule has 32 heavy (non-hydrogen) atoms. The lowest BCUT2D eigenvalue weighted by molar-refractivity contribution is -0.138. The summed E-state index contributed by atoms with van der Waals surface area (Å²) >= 11 is 5.90. The maximum Gasteiger partial charge on any atom is 0.416 e. The first-order valence-corrected chi connectivity index (χ1v) is 9.72. The van der Waals surface area contributed by atoms with Gasteiger partial charge < -0.3 is 15.4 Å². The van der Waals surface area contributed by atoms with Crippen LogP contribution in [0.4, 0.5) is 23.7 Å². The molecule has 0 aromatic heterocycles. The van der Waals surface area contributed by atoms with Crippen molar-refractivity contribution in [2.24, 2.45) is 0 Å². The number of halogens is 4. The van der Waals surface area contributed by atoms with E-state index >= 15 is 0 Å². The average Bonchev–Trinajstić information content (AvgIpc) is 3.12. The van der Waals surface area contributed by atoms with Crippen LogP contribution in [0.3, 0.4) is 0 Å². The van der Waals surface area contributed by atoms with Crippen LogP contribution in [0, 0.1) is 0 Å². The number of nitrogens with zero attached hydrogens (tertiary/aromatic N) is 1. The molecule has 0 spiro atoms. The van der Waals surface area contributed by atoms with Gasteiger partial charge in [-0.2, -0.15) is 13.2 Å². The number of amides is 3. The number of esters is 1. The Hall–Kier alpha value is -3.53. The molecular weight excluding hydrogens is 451 g/mol. The molecule has 166 valence electrons. The molecule has 2 N–H and O–H groups in total. The SMILES string of the molecule is O=C(CN1C(=O)N[C@H](c2ccc(Cl)cc2)C2=C1COC2=O)Nc1ccc(C(F)(F)F)cc1. The monoisotopic (exact) mass is 465 g/mol. The second-order valence-corrected chi connectivity index (χ2v) is 7.52.